The monoisotopic (exact) mass is 477 g/mol. The summed E-state index contributed by atoms with van der Waals surface area (Å²) in [6, 6.07) is 19.0. The lowest BCUT2D eigenvalue weighted by atomic mass is 9.90. The fraction of sp³-hybridized carbons (Fsp3) is 0.304. The number of rotatable bonds is 5. The highest BCUT2D eigenvalue weighted by atomic mass is 79.9. The van der Waals surface area contributed by atoms with E-state index in [0.29, 0.717) is 5.92 Å². The highest BCUT2D eigenvalue weighted by Crippen LogP contribution is 2.42. The van der Waals surface area contributed by atoms with Gasteiger partial charge in [0.2, 0.25) is 0 Å². The highest BCUT2D eigenvalue weighted by molar-refractivity contribution is 9.10. The second kappa shape index (κ2) is 8.36. The van der Waals surface area contributed by atoms with Crippen LogP contribution in [0.15, 0.2) is 65.3 Å². The number of benzene rings is 2. The highest BCUT2D eigenvalue weighted by Gasteiger charge is 2.38. The molecular formula is C23H24BrN7. The summed E-state index contributed by atoms with van der Waals surface area (Å²) in [5.74, 6) is 1.17. The molecule has 5 rings (SSSR count). The van der Waals surface area contributed by atoms with Gasteiger partial charge in [0.05, 0.1) is 24.3 Å². The summed E-state index contributed by atoms with van der Waals surface area (Å²) in [6.07, 6.45) is 2.04. The van der Waals surface area contributed by atoms with Gasteiger partial charge in [-0.05, 0) is 39.6 Å². The third-order valence-corrected chi connectivity index (χ3v) is 6.35. The summed E-state index contributed by atoms with van der Waals surface area (Å²) >= 11 is 3.64. The lowest BCUT2D eigenvalue weighted by Crippen LogP contribution is -2.42. The number of nitrogens with zero attached hydrogens (tertiary/aromatic N) is 6. The van der Waals surface area contributed by atoms with E-state index in [-0.39, 0.29) is 12.1 Å². The van der Waals surface area contributed by atoms with Gasteiger partial charge in [0.1, 0.15) is 0 Å². The first-order valence-corrected chi connectivity index (χ1v) is 11.3. The quantitative estimate of drug-likeness (QED) is 0.458. The standard InChI is InChI=1S/C23H24BrN7/c1-15(2)20-19(14-25-26-20)21(16-7-4-3-5-8-16)30-11-12-31-23(27-28-29-31)22(30)17-9-6-10-18(24)13-17/h3-10,13-15,21-22H,11-12H2,1-2H3,(H,25,26). The fourth-order valence-electron chi connectivity index (χ4n) is 4.53. The molecule has 0 radical (unpaired) electrons. The fourth-order valence-corrected chi connectivity index (χ4v) is 4.94. The van der Waals surface area contributed by atoms with Crippen molar-refractivity contribution < 1.29 is 0 Å². The molecule has 0 aliphatic carbocycles. The molecule has 0 bridgehead atoms. The number of hydrogen-bond donors (Lipinski definition) is 1. The molecule has 158 valence electrons. The van der Waals surface area contributed by atoms with E-state index in [2.05, 4.69) is 109 Å². The van der Waals surface area contributed by atoms with E-state index in [1.807, 2.05) is 16.9 Å². The van der Waals surface area contributed by atoms with Gasteiger partial charge in [0.15, 0.2) is 5.82 Å². The molecule has 8 heteroatoms. The van der Waals surface area contributed by atoms with Crippen molar-refractivity contribution in [2.45, 2.75) is 38.4 Å². The maximum Gasteiger partial charge on any atom is 0.173 e. The number of H-pyrrole nitrogens is 1. The van der Waals surface area contributed by atoms with Crippen LogP contribution in [0.3, 0.4) is 0 Å². The second-order valence-corrected chi connectivity index (χ2v) is 9.07. The number of fused-ring (bicyclic) bond motifs is 1. The Balaban J connectivity index is 1.70. The van der Waals surface area contributed by atoms with Gasteiger partial charge in [0, 0.05) is 22.8 Å². The molecule has 2 aromatic carbocycles. The van der Waals surface area contributed by atoms with Crippen molar-refractivity contribution in [2.75, 3.05) is 6.54 Å². The van der Waals surface area contributed by atoms with E-state index in [1.54, 1.807) is 0 Å². The smallest absolute Gasteiger partial charge is 0.173 e. The Morgan fingerprint density at radius 2 is 1.90 bits per heavy atom. The summed E-state index contributed by atoms with van der Waals surface area (Å²) in [6.45, 7) is 5.93. The molecular weight excluding hydrogens is 454 g/mol. The van der Waals surface area contributed by atoms with Crippen molar-refractivity contribution in [2.24, 2.45) is 0 Å². The first-order valence-electron chi connectivity index (χ1n) is 10.5. The zero-order chi connectivity index (χ0) is 21.4. The van der Waals surface area contributed by atoms with Gasteiger partial charge in [0.25, 0.3) is 0 Å². The molecule has 0 fully saturated rings. The van der Waals surface area contributed by atoms with Crippen LogP contribution in [0, 0.1) is 0 Å². The largest absolute Gasteiger partial charge is 0.285 e. The Morgan fingerprint density at radius 3 is 2.68 bits per heavy atom. The minimum absolute atomic E-state index is 0.0202. The molecule has 2 aromatic heterocycles. The van der Waals surface area contributed by atoms with E-state index in [1.165, 1.54) is 11.1 Å². The van der Waals surface area contributed by atoms with Crippen LogP contribution in [-0.4, -0.2) is 41.8 Å². The first kappa shape index (κ1) is 20.1. The van der Waals surface area contributed by atoms with Crippen molar-refractivity contribution >= 4 is 15.9 Å². The lowest BCUT2D eigenvalue weighted by molar-refractivity contribution is 0.134. The van der Waals surface area contributed by atoms with Crippen LogP contribution in [0.1, 0.15) is 60.1 Å². The Labute approximate surface area is 189 Å². The molecule has 4 aromatic rings. The van der Waals surface area contributed by atoms with Crippen LogP contribution in [0.5, 0.6) is 0 Å². The predicted molar refractivity (Wildman–Crippen MR) is 121 cm³/mol. The Bertz CT molecular complexity index is 1170. The summed E-state index contributed by atoms with van der Waals surface area (Å²) in [4.78, 5) is 2.50. The second-order valence-electron chi connectivity index (χ2n) is 8.15. The van der Waals surface area contributed by atoms with Crippen molar-refractivity contribution in [1.82, 2.24) is 35.3 Å². The number of hydrogen-bond acceptors (Lipinski definition) is 5. The molecule has 1 aliphatic heterocycles. The van der Waals surface area contributed by atoms with Crippen LogP contribution >= 0.6 is 15.9 Å². The molecule has 7 nitrogen and oxygen atoms in total. The first-order chi connectivity index (χ1) is 15.1. The summed E-state index contributed by atoms with van der Waals surface area (Å²) in [7, 11) is 0. The van der Waals surface area contributed by atoms with Gasteiger partial charge in [-0.15, -0.1) is 5.10 Å². The average Bonchev–Trinajstić information content (AvgIpc) is 3.44. The van der Waals surface area contributed by atoms with E-state index in [4.69, 9.17) is 0 Å². The minimum Gasteiger partial charge on any atom is -0.285 e. The molecule has 3 heterocycles. The van der Waals surface area contributed by atoms with Gasteiger partial charge in [-0.3, -0.25) is 10.00 Å². The van der Waals surface area contributed by atoms with Crippen LogP contribution in [0.2, 0.25) is 0 Å². The Kier molecular flexibility index (Phi) is 5.41. The third-order valence-electron chi connectivity index (χ3n) is 5.86. The molecule has 31 heavy (non-hydrogen) atoms. The topological polar surface area (TPSA) is 75.5 Å². The van der Waals surface area contributed by atoms with E-state index in [9.17, 15) is 0 Å². The van der Waals surface area contributed by atoms with Gasteiger partial charge >= 0.3 is 0 Å². The van der Waals surface area contributed by atoms with Gasteiger partial charge < -0.3 is 0 Å². The van der Waals surface area contributed by atoms with Crippen molar-refractivity contribution in [3.63, 3.8) is 0 Å². The van der Waals surface area contributed by atoms with E-state index < -0.39 is 0 Å². The molecule has 1 N–H and O–H groups in total. The number of aromatic nitrogens is 6. The van der Waals surface area contributed by atoms with Crippen LogP contribution in [-0.2, 0) is 6.54 Å². The number of tetrazole rings is 1. The van der Waals surface area contributed by atoms with Gasteiger partial charge in [-0.1, -0.05) is 72.2 Å². The van der Waals surface area contributed by atoms with Crippen LogP contribution < -0.4 is 0 Å². The number of aromatic amines is 1. The zero-order valence-electron chi connectivity index (χ0n) is 17.5. The zero-order valence-corrected chi connectivity index (χ0v) is 19.1. The van der Waals surface area contributed by atoms with E-state index in [0.717, 1.165) is 34.6 Å². The molecule has 2 unspecified atom stereocenters. The number of nitrogens with one attached hydrogen (secondary N) is 1. The van der Waals surface area contributed by atoms with Gasteiger partial charge in [-0.25, -0.2) is 4.68 Å². The van der Waals surface area contributed by atoms with Gasteiger partial charge in [-0.2, -0.15) is 5.10 Å². The predicted octanol–water partition coefficient (Wildman–Crippen LogP) is 4.48. The Hall–Kier alpha value is -2.84. The van der Waals surface area contributed by atoms with Crippen LogP contribution in [0.25, 0.3) is 0 Å². The summed E-state index contributed by atoms with van der Waals surface area (Å²) in [5, 5.41) is 20.4. The maximum atomic E-state index is 4.60. The van der Waals surface area contributed by atoms with Crippen molar-refractivity contribution in [1.29, 1.82) is 0 Å². The van der Waals surface area contributed by atoms with Crippen LogP contribution in [0.4, 0.5) is 0 Å². The molecule has 0 spiro atoms. The Morgan fingerprint density at radius 1 is 1.06 bits per heavy atom. The van der Waals surface area contributed by atoms with Crippen molar-refractivity contribution in [3.8, 4) is 0 Å². The molecule has 1 aliphatic rings. The minimum atomic E-state index is -0.0821. The number of halogens is 1. The molecule has 0 amide bonds. The summed E-state index contributed by atoms with van der Waals surface area (Å²) < 4.78 is 2.96. The SMILES string of the molecule is CC(C)c1n[nH]cc1C(c1ccccc1)N1CCn2nnnc2C1c1cccc(Br)c1. The normalized spacial score (nSPS) is 17.6. The molecule has 2 atom stereocenters. The third kappa shape index (κ3) is 3.70. The maximum absolute atomic E-state index is 4.60. The summed E-state index contributed by atoms with van der Waals surface area (Å²) in [5.41, 5.74) is 4.67. The van der Waals surface area contributed by atoms with E-state index >= 15 is 0 Å². The lowest BCUT2D eigenvalue weighted by Gasteiger charge is -2.41. The average molecular weight is 478 g/mol. The molecule has 0 saturated heterocycles. The molecule has 0 saturated carbocycles. The van der Waals surface area contributed by atoms with Crippen molar-refractivity contribution in [3.05, 3.63) is 93.5 Å².